The molecule has 1 aliphatic heterocycles. The number of hydrogen-bond acceptors (Lipinski definition) is 2. The van der Waals surface area contributed by atoms with Crippen LogP contribution in [0.5, 0.6) is 0 Å². The number of benzene rings is 1. The molecule has 2 heteroatoms. The van der Waals surface area contributed by atoms with Crippen LogP contribution in [0, 0.1) is 11.8 Å². The summed E-state index contributed by atoms with van der Waals surface area (Å²) in [5.74, 6) is 1.92. The lowest BCUT2D eigenvalue weighted by Crippen LogP contribution is -2.38. The van der Waals surface area contributed by atoms with E-state index < -0.39 is 0 Å². The largest absolute Gasteiger partial charge is 0.303 e. The molecule has 0 N–H and O–H groups in total. The zero-order valence-electron chi connectivity index (χ0n) is 12.1. The molecule has 0 aliphatic carbocycles. The first-order valence-corrected chi connectivity index (χ1v) is 7.47. The van der Waals surface area contributed by atoms with E-state index >= 15 is 0 Å². The van der Waals surface area contributed by atoms with Crippen molar-refractivity contribution in [2.45, 2.75) is 33.1 Å². The standard InChI is InChI=1S/C17H25NO/c1-14-10-12-18(13-15(14)2)11-6-9-17(19)16-7-4-3-5-8-16/h3-5,7-8,14-15H,6,9-13H2,1-2H3. The second-order valence-corrected chi connectivity index (χ2v) is 5.94. The molecule has 0 spiro atoms. The van der Waals surface area contributed by atoms with Crippen LogP contribution in [0.1, 0.15) is 43.5 Å². The van der Waals surface area contributed by atoms with Crippen molar-refractivity contribution >= 4 is 5.78 Å². The second kappa shape index (κ2) is 6.85. The number of hydrogen-bond donors (Lipinski definition) is 0. The first kappa shape index (κ1) is 14.3. The topological polar surface area (TPSA) is 20.3 Å². The van der Waals surface area contributed by atoms with Crippen molar-refractivity contribution in [1.82, 2.24) is 4.90 Å². The predicted octanol–water partition coefficient (Wildman–Crippen LogP) is 3.63. The average Bonchev–Trinajstić information content (AvgIpc) is 2.43. The number of nitrogens with zero attached hydrogens (tertiary/aromatic N) is 1. The van der Waals surface area contributed by atoms with Gasteiger partial charge in [0, 0.05) is 18.5 Å². The lowest BCUT2D eigenvalue weighted by atomic mass is 9.88. The van der Waals surface area contributed by atoms with E-state index in [1.165, 1.54) is 19.5 Å². The van der Waals surface area contributed by atoms with Gasteiger partial charge >= 0.3 is 0 Å². The van der Waals surface area contributed by atoms with Crippen LogP contribution in [0.15, 0.2) is 30.3 Å². The van der Waals surface area contributed by atoms with E-state index in [2.05, 4.69) is 18.7 Å². The molecule has 1 fully saturated rings. The van der Waals surface area contributed by atoms with E-state index in [0.717, 1.165) is 30.4 Å². The molecule has 2 atom stereocenters. The summed E-state index contributed by atoms with van der Waals surface area (Å²) in [5.41, 5.74) is 0.850. The molecule has 19 heavy (non-hydrogen) atoms. The second-order valence-electron chi connectivity index (χ2n) is 5.94. The molecule has 2 unspecified atom stereocenters. The highest BCUT2D eigenvalue weighted by Crippen LogP contribution is 2.22. The van der Waals surface area contributed by atoms with Gasteiger partial charge in [0.15, 0.2) is 5.78 Å². The Hall–Kier alpha value is -1.15. The zero-order chi connectivity index (χ0) is 13.7. The van der Waals surface area contributed by atoms with Gasteiger partial charge in [0.05, 0.1) is 0 Å². The van der Waals surface area contributed by atoms with E-state index in [0.29, 0.717) is 6.42 Å². The first-order valence-electron chi connectivity index (χ1n) is 7.47. The number of Topliss-reactive ketones (excluding diaryl/α,β-unsaturated/α-hetero) is 1. The summed E-state index contributed by atoms with van der Waals surface area (Å²) in [4.78, 5) is 14.5. The predicted molar refractivity (Wildman–Crippen MR) is 79.4 cm³/mol. The molecule has 0 amide bonds. The lowest BCUT2D eigenvalue weighted by Gasteiger charge is -2.35. The zero-order valence-corrected chi connectivity index (χ0v) is 12.1. The van der Waals surface area contributed by atoms with Gasteiger partial charge in [-0.15, -0.1) is 0 Å². The van der Waals surface area contributed by atoms with Gasteiger partial charge in [-0.05, 0) is 37.8 Å². The number of likely N-dealkylation sites (tertiary alicyclic amines) is 1. The first-order chi connectivity index (χ1) is 9.16. The fraction of sp³-hybridized carbons (Fsp3) is 0.588. The fourth-order valence-corrected chi connectivity index (χ4v) is 2.78. The van der Waals surface area contributed by atoms with Crippen molar-refractivity contribution in [1.29, 1.82) is 0 Å². The maximum Gasteiger partial charge on any atom is 0.162 e. The highest BCUT2D eigenvalue weighted by Gasteiger charge is 2.22. The monoisotopic (exact) mass is 259 g/mol. The normalized spacial score (nSPS) is 24.3. The van der Waals surface area contributed by atoms with Gasteiger partial charge in [0.25, 0.3) is 0 Å². The van der Waals surface area contributed by atoms with Gasteiger partial charge in [-0.25, -0.2) is 0 Å². The molecule has 2 nitrogen and oxygen atoms in total. The quantitative estimate of drug-likeness (QED) is 0.753. The van der Waals surface area contributed by atoms with Gasteiger partial charge in [-0.2, -0.15) is 0 Å². The van der Waals surface area contributed by atoms with Crippen LogP contribution < -0.4 is 0 Å². The van der Waals surface area contributed by atoms with Crippen LogP contribution in [0.3, 0.4) is 0 Å². The van der Waals surface area contributed by atoms with Crippen LogP contribution in [-0.2, 0) is 0 Å². The molecule has 0 bridgehead atoms. The molecule has 1 heterocycles. The minimum absolute atomic E-state index is 0.277. The molecule has 0 aromatic heterocycles. The highest BCUT2D eigenvalue weighted by atomic mass is 16.1. The van der Waals surface area contributed by atoms with Crippen molar-refractivity contribution in [3.05, 3.63) is 35.9 Å². The van der Waals surface area contributed by atoms with E-state index in [1.54, 1.807) is 0 Å². The van der Waals surface area contributed by atoms with Crippen LogP contribution in [-0.4, -0.2) is 30.3 Å². The van der Waals surface area contributed by atoms with Crippen molar-refractivity contribution in [2.75, 3.05) is 19.6 Å². The maximum atomic E-state index is 12.0. The maximum absolute atomic E-state index is 12.0. The van der Waals surface area contributed by atoms with E-state index in [4.69, 9.17) is 0 Å². The minimum atomic E-state index is 0.277. The Balaban J connectivity index is 1.71. The van der Waals surface area contributed by atoms with Crippen LogP contribution in [0.2, 0.25) is 0 Å². The number of rotatable bonds is 5. The Morgan fingerprint density at radius 1 is 1.21 bits per heavy atom. The molecule has 1 aliphatic rings. The minimum Gasteiger partial charge on any atom is -0.303 e. The summed E-state index contributed by atoms with van der Waals surface area (Å²) in [6.07, 6.45) is 2.95. The van der Waals surface area contributed by atoms with E-state index in [9.17, 15) is 4.79 Å². The van der Waals surface area contributed by atoms with Crippen molar-refractivity contribution < 1.29 is 4.79 Å². The van der Waals surface area contributed by atoms with Gasteiger partial charge in [-0.1, -0.05) is 44.2 Å². The number of carbonyl (C=O) groups excluding carboxylic acids is 1. The number of carbonyl (C=O) groups is 1. The number of piperidine rings is 1. The summed E-state index contributed by atoms with van der Waals surface area (Å²) in [6, 6.07) is 9.63. The van der Waals surface area contributed by atoms with Crippen LogP contribution in [0.25, 0.3) is 0 Å². The SMILES string of the molecule is CC1CCN(CCCC(=O)c2ccccc2)CC1C. The summed E-state index contributed by atoms with van der Waals surface area (Å²) in [5, 5.41) is 0. The molecule has 0 radical (unpaired) electrons. The van der Waals surface area contributed by atoms with Gasteiger partial charge < -0.3 is 4.90 Å². The summed E-state index contributed by atoms with van der Waals surface area (Å²) in [7, 11) is 0. The molecule has 1 saturated heterocycles. The van der Waals surface area contributed by atoms with E-state index in [1.807, 2.05) is 30.3 Å². The average molecular weight is 259 g/mol. The molecule has 1 aromatic carbocycles. The van der Waals surface area contributed by atoms with Crippen molar-refractivity contribution in [2.24, 2.45) is 11.8 Å². The van der Waals surface area contributed by atoms with Crippen LogP contribution >= 0.6 is 0 Å². The lowest BCUT2D eigenvalue weighted by molar-refractivity contribution is 0.0961. The molecule has 0 saturated carbocycles. The van der Waals surface area contributed by atoms with Crippen molar-refractivity contribution in [3.63, 3.8) is 0 Å². The molecule has 1 aromatic rings. The smallest absolute Gasteiger partial charge is 0.162 e. The van der Waals surface area contributed by atoms with E-state index in [-0.39, 0.29) is 5.78 Å². The third kappa shape index (κ3) is 4.17. The third-order valence-electron chi connectivity index (χ3n) is 4.39. The van der Waals surface area contributed by atoms with Gasteiger partial charge in [0.1, 0.15) is 0 Å². The highest BCUT2D eigenvalue weighted by molar-refractivity contribution is 5.95. The molecular formula is C17H25NO. The Morgan fingerprint density at radius 3 is 2.63 bits per heavy atom. The molecule has 2 rings (SSSR count). The van der Waals surface area contributed by atoms with Crippen LogP contribution in [0.4, 0.5) is 0 Å². The Labute approximate surface area is 116 Å². The fourth-order valence-electron chi connectivity index (χ4n) is 2.78. The molecular weight excluding hydrogens is 234 g/mol. The Kier molecular flexibility index (Phi) is 5.15. The summed E-state index contributed by atoms with van der Waals surface area (Å²) >= 11 is 0. The van der Waals surface area contributed by atoms with Gasteiger partial charge in [-0.3, -0.25) is 4.79 Å². The summed E-state index contributed by atoms with van der Waals surface area (Å²) in [6.45, 7) is 8.15. The number of ketones is 1. The Morgan fingerprint density at radius 2 is 1.95 bits per heavy atom. The molecule has 104 valence electrons. The Bertz CT molecular complexity index is 401. The third-order valence-corrected chi connectivity index (χ3v) is 4.39. The van der Waals surface area contributed by atoms with Crippen molar-refractivity contribution in [3.8, 4) is 0 Å². The summed E-state index contributed by atoms with van der Waals surface area (Å²) < 4.78 is 0. The van der Waals surface area contributed by atoms with Gasteiger partial charge in [0.2, 0.25) is 0 Å².